The number of carbonyl (C=O) groups excluding carboxylic acids is 1. The summed E-state index contributed by atoms with van der Waals surface area (Å²) in [5.74, 6) is -4.70. The summed E-state index contributed by atoms with van der Waals surface area (Å²) in [7, 11) is 0. The minimum absolute atomic E-state index is 0.412. The summed E-state index contributed by atoms with van der Waals surface area (Å²) in [5, 5.41) is 2.96. The van der Waals surface area contributed by atoms with E-state index in [2.05, 4.69) is 10.3 Å². The molecular weight excluding hydrogens is 321 g/mol. The van der Waals surface area contributed by atoms with Gasteiger partial charge in [0, 0.05) is 11.6 Å². The first-order valence-corrected chi connectivity index (χ1v) is 6.95. The molecular formula is C17H11F3N2O2. The van der Waals surface area contributed by atoms with E-state index in [4.69, 9.17) is 4.74 Å². The van der Waals surface area contributed by atoms with E-state index < -0.39 is 35.7 Å². The van der Waals surface area contributed by atoms with Crippen LogP contribution >= 0.6 is 0 Å². The van der Waals surface area contributed by atoms with Gasteiger partial charge in [-0.1, -0.05) is 6.07 Å². The molecule has 0 aliphatic carbocycles. The number of hydrogen-bond donors (Lipinski definition) is 1. The van der Waals surface area contributed by atoms with Crippen molar-refractivity contribution in [3.63, 3.8) is 0 Å². The lowest BCUT2D eigenvalue weighted by Crippen LogP contribution is -2.21. The van der Waals surface area contributed by atoms with Crippen molar-refractivity contribution in [2.75, 3.05) is 11.9 Å². The first kappa shape index (κ1) is 15.8. The topological polar surface area (TPSA) is 51.2 Å². The summed E-state index contributed by atoms with van der Waals surface area (Å²) in [6, 6.07) is 10.3. The summed E-state index contributed by atoms with van der Waals surface area (Å²) < 4.78 is 44.7. The summed E-state index contributed by atoms with van der Waals surface area (Å²) in [4.78, 5) is 15.9. The highest BCUT2D eigenvalue weighted by molar-refractivity contribution is 5.92. The molecule has 0 fully saturated rings. The average Bonchev–Trinajstić information content (AvgIpc) is 2.60. The number of ether oxygens (including phenoxy) is 1. The summed E-state index contributed by atoms with van der Waals surface area (Å²) in [6.45, 7) is -0.412. The van der Waals surface area contributed by atoms with Gasteiger partial charge in [-0.3, -0.25) is 9.78 Å². The zero-order chi connectivity index (χ0) is 17.1. The molecule has 7 heteroatoms. The SMILES string of the molecule is O=C(COc1ccc2ncccc2c1)Nc1ccc(F)c(F)c1F. The third kappa shape index (κ3) is 3.29. The fraction of sp³-hybridized carbons (Fsp3) is 0.0588. The number of pyridine rings is 1. The Kier molecular flexibility index (Phi) is 4.33. The van der Waals surface area contributed by atoms with Crippen LogP contribution in [-0.4, -0.2) is 17.5 Å². The second-order valence-electron chi connectivity index (χ2n) is 4.92. The predicted octanol–water partition coefficient (Wildman–Crippen LogP) is 3.67. The van der Waals surface area contributed by atoms with Crippen molar-refractivity contribution in [2.45, 2.75) is 0 Å². The molecule has 0 radical (unpaired) electrons. The number of nitrogens with one attached hydrogen (secondary N) is 1. The number of benzene rings is 2. The smallest absolute Gasteiger partial charge is 0.262 e. The highest BCUT2D eigenvalue weighted by Gasteiger charge is 2.15. The van der Waals surface area contributed by atoms with Crippen LogP contribution in [0, 0.1) is 17.5 Å². The number of rotatable bonds is 4. The minimum atomic E-state index is -1.64. The van der Waals surface area contributed by atoms with Crippen molar-refractivity contribution in [3.05, 3.63) is 66.1 Å². The molecule has 0 aliphatic rings. The molecule has 4 nitrogen and oxygen atoms in total. The van der Waals surface area contributed by atoms with Gasteiger partial charge in [-0.25, -0.2) is 13.2 Å². The Bertz CT molecular complexity index is 915. The number of carbonyl (C=O) groups is 1. The van der Waals surface area contributed by atoms with Gasteiger partial charge in [-0.05, 0) is 36.4 Å². The van der Waals surface area contributed by atoms with E-state index in [1.165, 1.54) is 0 Å². The molecule has 0 aliphatic heterocycles. The molecule has 0 bridgehead atoms. The highest BCUT2D eigenvalue weighted by atomic mass is 19.2. The first-order valence-electron chi connectivity index (χ1n) is 6.95. The Labute approximate surface area is 134 Å². The molecule has 3 aromatic rings. The quantitative estimate of drug-likeness (QED) is 0.742. The molecule has 122 valence electrons. The maximum atomic E-state index is 13.5. The Hall–Kier alpha value is -3.09. The van der Waals surface area contributed by atoms with Crippen molar-refractivity contribution < 1.29 is 22.7 Å². The fourth-order valence-corrected chi connectivity index (χ4v) is 2.10. The molecule has 2 aromatic carbocycles. The van der Waals surface area contributed by atoms with Crippen molar-refractivity contribution in [2.24, 2.45) is 0 Å². The van der Waals surface area contributed by atoms with Gasteiger partial charge in [-0.15, -0.1) is 0 Å². The summed E-state index contributed by atoms with van der Waals surface area (Å²) in [6.07, 6.45) is 1.66. The van der Waals surface area contributed by atoms with E-state index in [-0.39, 0.29) is 0 Å². The molecule has 1 heterocycles. The molecule has 0 saturated carbocycles. The average molecular weight is 332 g/mol. The molecule has 1 N–H and O–H groups in total. The van der Waals surface area contributed by atoms with Gasteiger partial charge in [-0.2, -0.15) is 0 Å². The van der Waals surface area contributed by atoms with E-state index in [0.717, 1.165) is 23.0 Å². The van der Waals surface area contributed by atoms with Gasteiger partial charge >= 0.3 is 0 Å². The summed E-state index contributed by atoms with van der Waals surface area (Å²) in [5.41, 5.74) is 0.323. The number of amides is 1. The largest absolute Gasteiger partial charge is 0.484 e. The molecule has 24 heavy (non-hydrogen) atoms. The van der Waals surface area contributed by atoms with Gasteiger partial charge in [0.1, 0.15) is 5.75 Å². The van der Waals surface area contributed by atoms with Crippen LogP contribution in [0.5, 0.6) is 5.75 Å². The van der Waals surface area contributed by atoms with Crippen molar-refractivity contribution in [1.29, 1.82) is 0 Å². The van der Waals surface area contributed by atoms with Crippen LogP contribution in [0.2, 0.25) is 0 Å². The Morgan fingerprint density at radius 2 is 1.92 bits per heavy atom. The molecule has 0 atom stereocenters. The van der Waals surface area contributed by atoms with E-state index >= 15 is 0 Å². The number of anilines is 1. The lowest BCUT2D eigenvalue weighted by Gasteiger charge is -2.09. The van der Waals surface area contributed by atoms with Gasteiger partial charge in [0.25, 0.3) is 5.91 Å². The summed E-state index contributed by atoms with van der Waals surface area (Å²) >= 11 is 0. The van der Waals surface area contributed by atoms with Crippen molar-refractivity contribution in [3.8, 4) is 5.75 Å². The zero-order valence-corrected chi connectivity index (χ0v) is 12.2. The Morgan fingerprint density at radius 1 is 1.08 bits per heavy atom. The third-order valence-electron chi connectivity index (χ3n) is 3.25. The van der Waals surface area contributed by atoms with E-state index in [0.29, 0.717) is 5.75 Å². The molecule has 0 spiro atoms. The Balaban J connectivity index is 1.65. The number of nitrogens with zero attached hydrogens (tertiary/aromatic N) is 1. The molecule has 0 unspecified atom stereocenters. The Morgan fingerprint density at radius 3 is 2.75 bits per heavy atom. The van der Waals surface area contributed by atoms with Crippen LogP contribution in [0.25, 0.3) is 10.9 Å². The van der Waals surface area contributed by atoms with Gasteiger partial charge in [0.05, 0.1) is 11.2 Å². The normalized spacial score (nSPS) is 10.6. The predicted molar refractivity (Wildman–Crippen MR) is 82.2 cm³/mol. The van der Waals surface area contributed by atoms with Crippen LogP contribution in [0.3, 0.4) is 0 Å². The van der Waals surface area contributed by atoms with Gasteiger partial charge in [0.15, 0.2) is 24.1 Å². The molecule has 0 saturated heterocycles. The third-order valence-corrected chi connectivity index (χ3v) is 3.25. The number of fused-ring (bicyclic) bond motifs is 1. The highest BCUT2D eigenvalue weighted by Crippen LogP contribution is 2.21. The minimum Gasteiger partial charge on any atom is -0.484 e. The van der Waals surface area contributed by atoms with Crippen LogP contribution in [-0.2, 0) is 4.79 Å². The van der Waals surface area contributed by atoms with Crippen LogP contribution < -0.4 is 10.1 Å². The van der Waals surface area contributed by atoms with Crippen LogP contribution in [0.1, 0.15) is 0 Å². The monoisotopic (exact) mass is 332 g/mol. The van der Waals surface area contributed by atoms with Gasteiger partial charge in [0.2, 0.25) is 0 Å². The van der Waals surface area contributed by atoms with E-state index in [9.17, 15) is 18.0 Å². The van der Waals surface area contributed by atoms with E-state index in [1.807, 2.05) is 6.07 Å². The second kappa shape index (κ2) is 6.57. The molecule has 3 rings (SSSR count). The lowest BCUT2D eigenvalue weighted by atomic mass is 10.2. The lowest BCUT2D eigenvalue weighted by molar-refractivity contribution is -0.118. The van der Waals surface area contributed by atoms with Gasteiger partial charge < -0.3 is 10.1 Å². The van der Waals surface area contributed by atoms with Crippen molar-refractivity contribution in [1.82, 2.24) is 4.98 Å². The number of hydrogen-bond acceptors (Lipinski definition) is 3. The van der Waals surface area contributed by atoms with Crippen molar-refractivity contribution >= 4 is 22.5 Å². The maximum absolute atomic E-state index is 13.5. The standard InChI is InChI=1S/C17H11F3N2O2/c18-12-4-6-14(17(20)16(12)19)22-15(23)9-24-11-3-5-13-10(8-11)2-1-7-21-13/h1-8H,9H2,(H,22,23). The zero-order valence-electron chi connectivity index (χ0n) is 12.2. The van der Waals surface area contributed by atoms with E-state index in [1.54, 1.807) is 30.5 Å². The number of aromatic nitrogens is 1. The maximum Gasteiger partial charge on any atom is 0.262 e. The molecule has 1 aromatic heterocycles. The second-order valence-corrected chi connectivity index (χ2v) is 4.92. The molecule has 1 amide bonds. The van der Waals surface area contributed by atoms with Crippen LogP contribution in [0.4, 0.5) is 18.9 Å². The van der Waals surface area contributed by atoms with Crippen LogP contribution in [0.15, 0.2) is 48.7 Å². The fourth-order valence-electron chi connectivity index (χ4n) is 2.10. The number of halogens is 3. The first-order chi connectivity index (χ1) is 11.5.